The Morgan fingerprint density at radius 1 is 1.19 bits per heavy atom. The number of rotatable bonds is 6. The molecule has 0 bridgehead atoms. The van der Waals surface area contributed by atoms with Gasteiger partial charge in [0.15, 0.2) is 0 Å². The van der Waals surface area contributed by atoms with Crippen molar-refractivity contribution in [2.45, 2.75) is 6.42 Å². The molecular weight excluding hydrogens is 266 g/mol. The Labute approximate surface area is 124 Å². The number of hydrogen-bond acceptors (Lipinski definition) is 4. The van der Waals surface area contributed by atoms with Crippen molar-refractivity contribution in [3.8, 4) is 5.75 Å². The number of anilines is 1. The summed E-state index contributed by atoms with van der Waals surface area (Å²) in [7, 11) is 3.45. The van der Waals surface area contributed by atoms with Gasteiger partial charge in [0.1, 0.15) is 11.4 Å². The molecule has 0 radical (unpaired) electrons. The van der Waals surface area contributed by atoms with Gasteiger partial charge in [0, 0.05) is 13.6 Å². The second-order valence-corrected chi connectivity index (χ2v) is 4.54. The van der Waals surface area contributed by atoms with Crippen LogP contribution in [0.5, 0.6) is 5.75 Å². The lowest BCUT2D eigenvalue weighted by Gasteiger charge is -2.06. The SMILES string of the molecule is CNc1ccc(C(=O)NCCc2ccc(OC)cc2)nc1. The molecule has 5 nitrogen and oxygen atoms in total. The third kappa shape index (κ3) is 4.21. The van der Waals surface area contributed by atoms with Crippen molar-refractivity contribution in [2.75, 3.05) is 26.0 Å². The van der Waals surface area contributed by atoms with Crippen LogP contribution in [-0.4, -0.2) is 31.6 Å². The first-order valence-electron chi connectivity index (χ1n) is 6.78. The predicted molar refractivity (Wildman–Crippen MR) is 82.8 cm³/mol. The first-order chi connectivity index (χ1) is 10.2. The Kier molecular flexibility index (Phi) is 5.15. The number of nitrogens with zero attached hydrogens (tertiary/aromatic N) is 1. The van der Waals surface area contributed by atoms with Gasteiger partial charge in [-0.3, -0.25) is 4.79 Å². The molecule has 1 aromatic carbocycles. The second kappa shape index (κ2) is 7.28. The maximum Gasteiger partial charge on any atom is 0.269 e. The van der Waals surface area contributed by atoms with Gasteiger partial charge >= 0.3 is 0 Å². The molecular formula is C16H19N3O2. The number of ether oxygens (including phenoxy) is 1. The number of aromatic nitrogens is 1. The first kappa shape index (κ1) is 14.8. The van der Waals surface area contributed by atoms with Gasteiger partial charge in [-0.05, 0) is 36.2 Å². The number of pyridine rings is 1. The monoisotopic (exact) mass is 285 g/mol. The van der Waals surface area contributed by atoms with E-state index in [1.54, 1.807) is 19.4 Å². The van der Waals surface area contributed by atoms with Crippen molar-refractivity contribution in [1.29, 1.82) is 0 Å². The van der Waals surface area contributed by atoms with Gasteiger partial charge < -0.3 is 15.4 Å². The molecule has 0 unspecified atom stereocenters. The van der Waals surface area contributed by atoms with Gasteiger partial charge in [0.2, 0.25) is 0 Å². The van der Waals surface area contributed by atoms with Crippen molar-refractivity contribution in [2.24, 2.45) is 0 Å². The van der Waals surface area contributed by atoms with Crippen LogP contribution < -0.4 is 15.4 Å². The molecule has 1 aromatic heterocycles. The number of nitrogens with one attached hydrogen (secondary N) is 2. The van der Waals surface area contributed by atoms with Crippen LogP contribution in [0.2, 0.25) is 0 Å². The van der Waals surface area contributed by atoms with Gasteiger partial charge in [0.25, 0.3) is 5.91 Å². The molecule has 2 N–H and O–H groups in total. The van der Waals surface area contributed by atoms with Crippen molar-refractivity contribution in [1.82, 2.24) is 10.3 Å². The largest absolute Gasteiger partial charge is 0.497 e. The van der Waals surface area contributed by atoms with Crippen molar-refractivity contribution in [3.05, 3.63) is 53.9 Å². The number of amides is 1. The lowest BCUT2D eigenvalue weighted by molar-refractivity contribution is 0.0949. The molecule has 0 fully saturated rings. The number of carbonyl (C=O) groups excluding carboxylic acids is 1. The fraction of sp³-hybridized carbons (Fsp3) is 0.250. The highest BCUT2D eigenvalue weighted by Crippen LogP contribution is 2.11. The molecule has 1 heterocycles. The Hall–Kier alpha value is -2.56. The average Bonchev–Trinajstić information content (AvgIpc) is 2.55. The molecule has 2 aromatic rings. The Morgan fingerprint density at radius 2 is 1.95 bits per heavy atom. The number of hydrogen-bond donors (Lipinski definition) is 2. The lowest BCUT2D eigenvalue weighted by atomic mass is 10.1. The van der Waals surface area contributed by atoms with E-state index in [4.69, 9.17) is 4.74 Å². The van der Waals surface area contributed by atoms with Crippen LogP contribution in [0.4, 0.5) is 5.69 Å². The summed E-state index contributed by atoms with van der Waals surface area (Å²) in [5.74, 6) is 0.669. The smallest absolute Gasteiger partial charge is 0.269 e. The van der Waals surface area contributed by atoms with Gasteiger partial charge in [0.05, 0.1) is 19.0 Å². The maximum atomic E-state index is 11.9. The van der Waals surface area contributed by atoms with Crippen molar-refractivity contribution in [3.63, 3.8) is 0 Å². The fourth-order valence-electron chi connectivity index (χ4n) is 1.88. The van der Waals surface area contributed by atoms with Gasteiger partial charge in [-0.2, -0.15) is 0 Å². The highest BCUT2D eigenvalue weighted by molar-refractivity contribution is 5.92. The quantitative estimate of drug-likeness (QED) is 0.853. The normalized spacial score (nSPS) is 10.0. The highest BCUT2D eigenvalue weighted by atomic mass is 16.5. The van der Waals surface area contributed by atoms with E-state index in [1.807, 2.05) is 37.4 Å². The number of benzene rings is 1. The first-order valence-corrected chi connectivity index (χ1v) is 6.78. The van der Waals surface area contributed by atoms with E-state index >= 15 is 0 Å². The summed E-state index contributed by atoms with van der Waals surface area (Å²) in [6.07, 6.45) is 2.41. The summed E-state index contributed by atoms with van der Waals surface area (Å²) < 4.78 is 5.11. The summed E-state index contributed by atoms with van der Waals surface area (Å²) >= 11 is 0. The zero-order chi connectivity index (χ0) is 15.1. The third-order valence-electron chi connectivity index (χ3n) is 3.14. The molecule has 0 aliphatic rings. The topological polar surface area (TPSA) is 63.2 Å². The van der Waals surface area contributed by atoms with E-state index in [1.165, 1.54) is 0 Å². The minimum absolute atomic E-state index is 0.161. The summed E-state index contributed by atoms with van der Waals surface area (Å²) in [6.45, 7) is 0.570. The van der Waals surface area contributed by atoms with Crippen molar-refractivity contribution >= 4 is 11.6 Å². The minimum atomic E-state index is -0.161. The molecule has 0 saturated carbocycles. The molecule has 21 heavy (non-hydrogen) atoms. The standard InChI is InChI=1S/C16H19N3O2/c1-17-13-5-8-15(19-11-13)16(20)18-10-9-12-3-6-14(21-2)7-4-12/h3-8,11,17H,9-10H2,1-2H3,(H,18,20). The average molecular weight is 285 g/mol. The molecule has 0 saturated heterocycles. The van der Waals surface area contributed by atoms with Crippen LogP contribution >= 0.6 is 0 Å². The number of methoxy groups -OCH3 is 1. The summed E-state index contributed by atoms with van der Waals surface area (Å²) in [6, 6.07) is 11.3. The van der Waals surface area contributed by atoms with Crippen LogP contribution in [0.3, 0.4) is 0 Å². The minimum Gasteiger partial charge on any atom is -0.497 e. The molecule has 0 atom stereocenters. The molecule has 2 rings (SSSR count). The van der Waals surface area contributed by atoms with E-state index in [9.17, 15) is 4.79 Å². The van der Waals surface area contributed by atoms with Crippen LogP contribution in [0.15, 0.2) is 42.6 Å². The number of carbonyl (C=O) groups is 1. The van der Waals surface area contributed by atoms with E-state index in [2.05, 4.69) is 15.6 Å². The van der Waals surface area contributed by atoms with Gasteiger partial charge in [-0.15, -0.1) is 0 Å². The second-order valence-electron chi connectivity index (χ2n) is 4.54. The van der Waals surface area contributed by atoms with Gasteiger partial charge in [-0.1, -0.05) is 12.1 Å². The predicted octanol–water partition coefficient (Wildman–Crippen LogP) is 2.10. The Morgan fingerprint density at radius 3 is 2.52 bits per heavy atom. The van der Waals surface area contributed by atoms with Crippen LogP contribution in [0.25, 0.3) is 0 Å². The molecule has 0 spiro atoms. The Bertz CT molecular complexity index is 579. The van der Waals surface area contributed by atoms with E-state index in [0.29, 0.717) is 12.2 Å². The van der Waals surface area contributed by atoms with E-state index < -0.39 is 0 Å². The Balaban J connectivity index is 1.82. The van der Waals surface area contributed by atoms with E-state index in [0.717, 1.165) is 23.4 Å². The highest BCUT2D eigenvalue weighted by Gasteiger charge is 2.06. The lowest BCUT2D eigenvalue weighted by Crippen LogP contribution is -2.26. The molecule has 1 amide bonds. The summed E-state index contributed by atoms with van der Waals surface area (Å²) in [4.78, 5) is 16.0. The van der Waals surface area contributed by atoms with Crippen LogP contribution in [-0.2, 0) is 6.42 Å². The van der Waals surface area contributed by atoms with Gasteiger partial charge in [-0.25, -0.2) is 4.98 Å². The van der Waals surface area contributed by atoms with Crippen LogP contribution in [0, 0.1) is 0 Å². The fourth-order valence-corrected chi connectivity index (χ4v) is 1.88. The third-order valence-corrected chi connectivity index (χ3v) is 3.14. The zero-order valence-corrected chi connectivity index (χ0v) is 12.2. The van der Waals surface area contributed by atoms with E-state index in [-0.39, 0.29) is 5.91 Å². The summed E-state index contributed by atoms with van der Waals surface area (Å²) in [5, 5.41) is 5.82. The molecule has 5 heteroatoms. The zero-order valence-electron chi connectivity index (χ0n) is 12.2. The molecule has 110 valence electrons. The maximum absolute atomic E-state index is 11.9. The molecule has 0 aliphatic carbocycles. The van der Waals surface area contributed by atoms with Crippen molar-refractivity contribution < 1.29 is 9.53 Å². The molecule has 0 aliphatic heterocycles. The van der Waals surface area contributed by atoms with Crippen LogP contribution in [0.1, 0.15) is 16.1 Å². The summed E-state index contributed by atoms with van der Waals surface area (Å²) in [5.41, 5.74) is 2.45.